The molecule has 0 aliphatic rings. The van der Waals surface area contributed by atoms with Gasteiger partial charge in [0.25, 0.3) is 0 Å². The van der Waals surface area contributed by atoms with Crippen LogP contribution in [-0.4, -0.2) is 25.4 Å². The molecule has 2 amide bonds. The first-order chi connectivity index (χ1) is 8.52. The summed E-state index contributed by atoms with van der Waals surface area (Å²) >= 11 is 0. The van der Waals surface area contributed by atoms with Crippen LogP contribution >= 0.6 is 0 Å². The molecule has 0 aliphatic heterocycles. The number of nitrogens with one attached hydrogen (secondary N) is 2. The van der Waals surface area contributed by atoms with Crippen LogP contribution in [0.4, 0.5) is 5.69 Å². The van der Waals surface area contributed by atoms with Crippen molar-refractivity contribution < 1.29 is 9.59 Å². The van der Waals surface area contributed by atoms with Crippen molar-refractivity contribution in [3.63, 3.8) is 0 Å². The van der Waals surface area contributed by atoms with E-state index in [0.29, 0.717) is 12.1 Å². The number of anilines is 1. The third-order valence-electron chi connectivity index (χ3n) is 2.72. The SMILES string of the molecule is CNC(=O)CNC(=O)CC(C)c1ccc(N)cc1. The van der Waals surface area contributed by atoms with Gasteiger partial charge in [0.15, 0.2) is 0 Å². The Balaban J connectivity index is 2.44. The summed E-state index contributed by atoms with van der Waals surface area (Å²) in [4.78, 5) is 22.6. The van der Waals surface area contributed by atoms with E-state index in [1.165, 1.54) is 7.05 Å². The molecule has 1 rings (SSSR count). The molecule has 0 saturated carbocycles. The topological polar surface area (TPSA) is 84.2 Å². The zero-order chi connectivity index (χ0) is 13.5. The van der Waals surface area contributed by atoms with Crippen LogP contribution in [0, 0.1) is 0 Å². The molecule has 0 aromatic heterocycles. The average Bonchev–Trinajstić information content (AvgIpc) is 2.36. The molecule has 1 unspecified atom stereocenters. The number of benzene rings is 1. The van der Waals surface area contributed by atoms with Gasteiger partial charge in [0.2, 0.25) is 11.8 Å². The minimum atomic E-state index is -0.205. The standard InChI is InChI=1S/C13H19N3O2/c1-9(10-3-5-11(14)6-4-10)7-12(17)16-8-13(18)15-2/h3-6,9H,7-8,14H2,1-2H3,(H,15,18)(H,16,17). The second-order valence-electron chi connectivity index (χ2n) is 4.22. The van der Waals surface area contributed by atoms with E-state index in [2.05, 4.69) is 10.6 Å². The Morgan fingerprint density at radius 3 is 2.39 bits per heavy atom. The molecule has 0 aliphatic carbocycles. The molecule has 18 heavy (non-hydrogen) atoms. The molecule has 1 atom stereocenters. The maximum absolute atomic E-state index is 11.6. The van der Waals surface area contributed by atoms with E-state index in [9.17, 15) is 9.59 Å². The summed E-state index contributed by atoms with van der Waals surface area (Å²) < 4.78 is 0. The lowest BCUT2D eigenvalue weighted by molar-refractivity contribution is -0.126. The Kier molecular flexibility index (Phi) is 5.17. The fourth-order valence-corrected chi connectivity index (χ4v) is 1.56. The van der Waals surface area contributed by atoms with Crippen molar-refractivity contribution in [1.82, 2.24) is 10.6 Å². The molecule has 4 N–H and O–H groups in total. The van der Waals surface area contributed by atoms with Crippen LogP contribution in [0.5, 0.6) is 0 Å². The Labute approximate surface area is 107 Å². The number of nitrogen functional groups attached to an aromatic ring is 1. The van der Waals surface area contributed by atoms with Crippen molar-refractivity contribution in [3.8, 4) is 0 Å². The van der Waals surface area contributed by atoms with Crippen molar-refractivity contribution in [3.05, 3.63) is 29.8 Å². The van der Waals surface area contributed by atoms with Crippen molar-refractivity contribution in [2.75, 3.05) is 19.3 Å². The van der Waals surface area contributed by atoms with Crippen molar-refractivity contribution in [2.45, 2.75) is 19.3 Å². The van der Waals surface area contributed by atoms with Gasteiger partial charge in [-0.25, -0.2) is 0 Å². The van der Waals surface area contributed by atoms with E-state index in [4.69, 9.17) is 5.73 Å². The van der Waals surface area contributed by atoms with Crippen LogP contribution in [0.25, 0.3) is 0 Å². The predicted octanol–water partition coefficient (Wildman–Crippen LogP) is 0.625. The van der Waals surface area contributed by atoms with E-state index in [1.807, 2.05) is 31.2 Å². The number of amides is 2. The van der Waals surface area contributed by atoms with Gasteiger partial charge in [-0.3, -0.25) is 9.59 Å². The quantitative estimate of drug-likeness (QED) is 0.669. The highest BCUT2D eigenvalue weighted by Gasteiger charge is 2.11. The largest absolute Gasteiger partial charge is 0.399 e. The molecule has 5 heteroatoms. The Hall–Kier alpha value is -2.04. The molecule has 5 nitrogen and oxygen atoms in total. The lowest BCUT2D eigenvalue weighted by atomic mass is 9.97. The Morgan fingerprint density at radius 1 is 1.22 bits per heavy atom. The lowest BCUT2D eigenvalue weighted by Crippen LogP contribution is -2.35. The molecule has 98 valence electrons. The predicted molar refractivity (Wildman–Crippen MR) is 71.0 cm³/mol. The monoisotopic (exact) mass is 249 g/mol. The Bertz CT molecular complexity index is 415. The smallest absolute Gasteiger partial charge is 0.239 e. The number of nitrogens with two attached hydrogens (primary N) is 1. The number of hydrogen-bond donors (Lipinski definition) is 3. The van der Waals surface area contributed by atoms with Crippen molar-refractivity contribution >= 4 is 17.5 Å². The second-order valence-corrected chi connectivity index (χ2v) is 4.22. The van der Waals surface area contributed by atoms with Crippen LogP contribution in [0.2, 0.25) is 0 Å². The minimum Gasteiger partial charge on any atom is -0.399 e. The minimum absolute atomic E-state index is 0.0176. The number of hydrogen-bond acceptors (Lipinski definition) is 3. The second kappa shape index (κ2) is 6.64. The molecule has 1 aromatic rings. The molecule has 0 spiro atoms. The van der Waals surface area contributed by atoms with Gasteiger partial charge < -0.3 is 16.4 Å². The van der Waals surface area contributed by atoms with Gasteiger partial charge in [-0.15, -0.1) is 0 Å². The summed E-state index contributed by atoms with van der Waals surface area (Å²) in [5.74, 6) is -0.248. The highest BCUT2D eigenvalue weighted by Crippen LogP contribution is 2.19. The fraction of sp³-hybridized carbons (Fsp3) is 0.385. The third kappa shape index (κ3) is 4.45. The highest BCUT2D eigenvalue weighted by atomic mass is 16.2. The van der Waals surface area contributed by atoms with Gasteiger partial charge in [0.1, 0.15) is 0 Å². The van der Waals surface area contributed by atoms with E-state index in [-0.39, 0.29) is 24.3 Å². The van der Waals surface area contributed by atoms with E-state index < -0.39 is 0 Å². The number of carbonyl (C=O) groups is 2. The van der Waals surface area contributed by atoms with E-state index >= 15 is 0 Å². The number of rotatable bonds is 5. The summed E-state index contributed by atoms with van der Waals surface area (Å²) in [6.45, 7) is 1.98. The Morgan fingerprint density at radius 2 is 1.83 bits per heavy atom. The summed E-state index contributed by atoms with van der Waals surface area (Å²) in [5, 5.41) is 5.01. The molecule has 1 aromatic carbocycles. The van der Waals surface area contributed by atoms with Gasteiger partial charge in [0.05, 0.1) is 6.54 Å². The summed E-state index contributed by atoms with van der Waals surface area (Å²) in [5.41, 5.74) is 7.36. The van der Waals surface area contributed by atoms with E-state index in [0.717, 1.165) is 5.56 Å². The first-order valence-electron chi connectivity index (χ1n) is 5.85. The normalized spacial score (nSPS) is 11.7. The first-order valence-corrected chi connectivity index (χ1v) is 5.85. The lowest BCUT2D eigenvalue weighted by Gasteiger charge is -2.12. The maximum Gasteiger partial charge on any atom is 0.239 e. The van der Waals surface area contributed by atoms with Crippen LogP contribution < -0.4 is 16.4 Å². The van der Waals surface area contributed by atoms with Crippen LogP contribution in [0.1, 0.15) is 24.8 Å². The number of likely N-dealkylation sites (N-methyl/N-ethyl adjacent to an activating group) is 1. The van der Waals surface area contributed by atoms with Gasteiger partial charge in [-0.2, -0.15) is 0 Å². The first kappa shape index (κ1) is 14.0. The van der Waals surface area contributed by atoms with Crippen molar-refractivity contribution in [1.29, 1.82) is 0 Å². The van der Waals surface area contributed by atoms with Crippen molar-refractivity contribution in [2.24, 2.45) is 0 Å². The molecule has 0 fully saturated rings. The molecule has 0 bridgehead atoms. The van der Waals surface area contributed by atoms with Gasteiger partial charge in [0, 0.05) is 19.2 Å². The van der Waals surface area contributed by atoms with Gasteiger partial charge in [-0.1, -0.05) is 19.1 Å². The summed E-state index contributed by atoms with van der Waals surface area (Å²) in [6, 6.07) is 7.45. The molecular formula is C13H19N3O2. The third-order valence-corrected chi connectivity index (χ3v) is 2.72. The van der Waals surface area contributed by atoms with E-state index in [1.54, 1.807) is 0 Å². The highest BCUT2D eigenvalue weighted by molar-refractivity contribution is 5.84. The number of carbonyl (C=O) groups excluding carboxylic acids is 2. The van der Waals surface area contributed by atoms with Gasteiger partial charge in [-0.05, 0) is 23.6 Å². The van der Waals surface area contributed by atoms with Gasteiger partial charge >= 0.3 is 0 Å². The molecule has 0 saturated heterocycles. The zero-order valence-corrected chi connectivity index (χ0v) is 10.7. The van der Waals surface area contributed by atoms with Crippen LogP contribution in [0.15, 0.2) is 24.3 Å². The van der Waals surface area contributed by atoms with Crippen LogP contribution in [-0.2, 0) is 9.59 Å². The zero-order valence-electron chi connectivity index (χ0n) is 10.7. The molecule has 0 radical (unpaired) electrons. The summed E-state index contributed by atoms with van der Waals surface area (Å²) in [7, 11) is 1.53. The average molecular weight is 249 g/mol. The van der Waals surface area contributed by atoms with Crippen LogP contribution in [0.3, 0.4) is 0 Å². The maximum atomic E-state index is 11.6. The summed E-state index contributed by atoms with van der Waals surface area (Å²) in [6.07, 6.45) is 0.348. The fourth-order valence-electron chi connectivity index (χ4n) is 1.56. The molecular weight excluding hydrogens is 230 g/mol. The molecule has 0 heterocycles.